The van der Waals surface area contributed by atoms with E-state index in [1.807, 2.05) is 54.7 Å². The first-order valence-corrected chi connectivity index (χ1v) is 6.18. The number of rotatable bonds is 6. The van der Waals surface area contributed by atoms with Crippen LogP contribution in [0.15, 0.2) is 54.7 Å². The van der Waals surface area contributed by atoms with Crippen LogP contribution in [-0.2, 0) is 0 Å². The predicted molar refractivity (Wildman–Crippen MR) is 72.6 cm³/mol. The quantitative estimate of drug-likeness (QED) is 0.791. The van der Waals surface area contributed by atoms with Gasteiger partial charge in [0.15, 0.2) is 0 Å². The summed E-state index contributed by atoms with van der Waals surface area (Å²) in [5.74, 6) is 0.907. The first-order chi connectivity index (χ1) is 8.86. The lowest BCUT2D eigenvalue weighted by Gasteiger charge is -2.13. The van der Waals surface area contributed by atoms with Crippen LogP contribution in [0.4, 0.5) is 0 Å². The Kier molecular flexibility index (Phi) is 4.73. The van der Waals surface area contributed by atoms with E-state index in [-0.39, 0.29) is 6.04 Å². The molecule has 1 aromatic carbocycles. The lowest BCUT2D eigenvalue weighted by Crippen LogP contribution is -2.24. The van der Waals surface area contributed by atoms with Crippen LogP contribution in [-0.4, -0.2) is 18.1 Å². The molecule has 3 heteroatoms. The van der Waals surface area contributed by atoms with Crippen LogP contribution in [0.3, 0.4) is 0 Å². The summed E-state index contributed by atoms with van der Waals surface area (Å²) in [5, 5.41) is 3.38. The predicted octanol–water partition coefficient (Wildman–Crippen LogP) is 2.81. The molecular formula is C15H18N2O. The average molecular weight is 242 g/mol. The van der Waals surface area contributed by atoms with E-state index in [0.717, 1.165) is 18.0 Å². The zero-order valence-corrected chi connectivity index (χ0v) is 10.5. The van der Waals surface area contributed by atoms with Crippen molar-refractivity contribution in [2.24, 2.45) is 0 Å². The van der Waals surface area contributed by atoms with E-state index in [0.29, 0.717) is 6.61 Å². The van der Waals surface area contributed by atoms with Crippen molar-refractivity contribution in [3.8, 4) is 5.75 Å². The van der Waals surface area contributed by atoms with Crippen LogP contribution in [0.2, 0.25) is 0 Å². The van der Waals surface area contributed by atoms with Gasteiger partial charge in [0, 0.05) is 18.8 Å². The van der Waals surface area contributed by atoms with Crippen LogP contribution in [0.25, 0.3) is 0 Å². The highest BCUT2D eigenvalue weighted by molar-refractivity contribution is 5.20. The fourth-order valence-corrected chi connectivity index (χ4v) is 1.70. The van der Waals surface area contributed by atoms with Crippen molar-refractivity contribution in [3.05, 3.63) is 60.4 Å². The normalized spacial score (nSPS) is 12.1. The fraction of sp³-hybridized carbons (Fsp3) is 0.267. The first-order valence-electron chi connectivity index (χ1n) is 6.18. The molecule has 1 N–H and O–H groups in total. The molecule has 0 saturated carbocycles. The van der Waals surface area contributed by atoms with E-state index in [4.69, 9.17) is 4.74 Å². The molecule has 94 valence electrons. The number of nitrogens with one attached hydrogen (secondary N) is 1. The second-order valence-electron chi connectivity index (χ2n) is 4.09. The van der Waals surface area contributed by atoms with Gasteiger partial charge in [-0.15, -0.1) is 0 Å². The minimum absolute atomic E-state index is 0.241. The Hall–Kier alpha value is -1.87. The lowest BCUT2D eigenvalue weighted by molar-refractivity contribution is 0.307. The maximum absolute atomic E-state index is 5.61. The highest BCUT2D eigenvalue weighted by Gasteiger charge is 2.04. The molecule has 1 aromatic heterocycles. The number of benzene rings is 1. The average Bonchev–Trinajstić information content (AvgIpc) is 2.45. The van der Waals surface area contributed by atoms with Crippen molar-refractivity contribution in [2.75, 3.05) is 13.2 Å². The number of pyridine rings is 1. The molecule has 0 spiro atoms. The van der Waals surface area contributed by atoms with Crippen LogP contribution < -0.4 is 10.1 Å². The minimum atomic E-state index is 0.241. The Labute approximate surface area is 108 Å². The molecule has 0 fully saturated rings. The van der Waals surface area contributed by atoms with E-state index >= 15 is 0 Å². The fourth-order valence-electron chi connectivity index (χ4n) is 1.70. The van der Waals surface area contributed by atoms with E-state index < -0.39 is 0 Å². The monoisotopic (exact) mass is 242 g/mol. The van der Waals surface area contributed by atoms with E-state index in [9.17, 15) is 0 Å². The molecule has 0 bridgehead atoms. The second-order valence-corrected chi connectivity index (χ2v) is 4.09. The van der Waals surface area contributed by atoms with Crippen LogP contribution in [0.1, 0.15) is 18.7 Å². The summed E-state index contributed by atoms with van der Waals surface area (Å²) in [6, 6.07) is 16.0. The lowest BCUT2D eigenvalue weighted by atomic mass is 10.2. The van der Waals surface area contributed by atoms with E-state index in [1.165, 1.54) is 0 Å². The summed E-state index contributed by atoms with van der Waals surface area (Å²) in [6.07, 6.45) is 1.81. The third-order valence-electron chi connectivity index (χ3n) is 2.70. The van der Waals surface area contributed by atoms with Crippen LogP contribution >= 0.6 is 0 Å². The third-order valence-corrected chi connectivity index (χ3v) is 2.70. The zero-order chi connectivity index (χ0) is 12.6. The second kappa shape index (κ2) is 6.77. The topological polar surface area (TPSA) is 34.1 Å². The smallest absolute Gasteiger partial charge is 0.119 e. The molecule has 18 heavy (non-hydrogen) atoms. The van der Waals surface area contributed by atoms with Crippen molar-refractivity contribution in [2.45, 2.75) is 13.0 Å². The number of ether oxygens (including phenoxy) is 1. The number of aromatic nitrogens is 1. The Bertz CT molecular complexity index is 445. The summed E-state index contributed by atoms with van der Waals surface area (Å²) >= 11 is 0. The Morgan fingerprint density at radius 3 is 2.61 bits per heavy atom. The summed E-state index contributed by atoms with van der Waals surface area (Å²) in [7, 11) is 0. The zero-order valence-electron chi connectivity index (χ0n) is 10.5. The van der Waals surface area contributed by atoms with Gasteiger partial charge in [0.2, 0.25) is 0 Å². The van der Waals surface area contributed by atoms with Gasteiger partial charge in [-0.25, -0.2) is 0 Å². The Morgan fingerprint density at radius 2 is 1.89 bits per heavy atom. The van der Waals surface area contributed by atoms with Crippen LogP contribution in [0, 0.1) is 0 Å². The van der Waals surface area contributed by atoms with E-state index in [2.05, 4.69) is 17.2 Å². The van der Waals surface area contributed by atoms with Gasteiger partial charge in [0.05, 0.1) is 5.69 Å². The third kappa shape index (κ3) is 3.86. The van der Waals surface area contributed by atoms with Gasteiger partial charge >= 0.3 is 0 Å². The minimum Gasteiger partial charge on any atom is -0.492 e. The molecule has 0 aliphatic carbocycles. The van der Waals surface area contributed by atoms with Crippen molar-refractivity contribution >= 4 is 0 Å². The molecule has 3 nitrogen and oxygen atoms in total. The molecule has 2 aromatic rings. The number of nitrogens with zero attached hydrogens (tertiary/aromatic N) is 1. The molecule has 0 unspecified atom stereocenters. The summed E-state index contributed by atoms with van der Waals surface area (Å²) in [6.45, 7) is 3.55. The maximum atomic E-state index is 5.61. The molecule has 0 saturated heterocycles. The highest BCUT2D eigenvalue weighted by atomic mass is 16.5. The van der Waals surface area contributed by atoms with Crippen molar-refractivity contribution < 1.29 is 4.74 Å². The van der Waals surface area contributed by atoms with Gasteiger partial charge in [-0.3, -0.25) is 4.98 Å². The molecule has 0 amide bonds. The number of hydrogen-bond donors (Lipinski definition) is 1. The molecular weight excluding hydrogens is 224 g/mol. The van der Waals surface area contributed by atoms with Gasteiger partial charge < -0.3 is 10.1 Å². The van der Waals surface area contributed by atoms with Crippen molar-refractivity contribution in [3.63, 3.8) is 0 Å². The molecule has 1 heterocycles. The highest BCUT2D eigenvalue weighted by Crippen LogP contribution is 2.09. The largest absolute Gasteiger partial charge is 0.492 e. The maximum Gasteiger partial charge on any atom is 0.119 e. The van der Waals surface area contributed by atoms with Gasteiger partial charge in [-0.1, -0.05) is 24.3 Å². The van der Waals surface area contributed by atoms with Gasteiger partial charge in [-0.2, -0.15) is 0 Å². The SMILES string of the molecule is C[C@H](NCCOc1ccccc1)c1ccccn1. The van der Waals surface area contributed by atoms with Gasteiger partial charge in [0.1, 0.15) is 12.4 Å². The molecule has 0 aliphatic heterocycles. The molecule has 2 rings (SSSR count). The van der Waals surface area contributed by atoms with Gasteiger partial charge in [0.25, 0.3) is 0 Å². The summed E-state index contributed by atoms with van der Waals surface area (Å²) < 4.78 is 5.61. The Balaban J connectivity index is 1.70. The van der Waals surface area contributed by atoms with Gasteiger partial charge in [-0.05, 0) is 31.2 Å². The first kappa shape index (κ1) is 12.6. The Morgan fingerprint density at radius 1 is 1.11 bits per heavy atom. The van der Waals surface area contributed by atoms with Crippen LogP contribution in [0.5, 0.6) is 5.75 Å². The summed E-state index contributed by atoms with van der Waals surface area (Å²) in [5.41, 5.74) is 1.05. The number of hydrogen-bond acceptors (Lipinski definition) is 3. The standard InChI is InChI=1S/C15H18N2O/c1-13(15-9-5-6-10-17-15)16-11-12-18-14-7-3-2-4-8-14/h2-10,13,16H,11-12H2,1H3/t13-/m0/s1. The molecule has 1 atom stereocenters. The van der Waals surface area contributed by atoms with Crippen molar-refractivity contribution in [1.82, 2.24) is 10.3 Å². The van der Waals surface area contributed by atoms with Crippen molar-refractivity contribution in [1.29, 1.82) is 0 Å². The molecule has 0 aliphatic rings. The molecule has 0 radical (unpaired) electrons. The van der Waals surface area contributed by atoms with E-state index in [1.54, 1.807) is 0 Å². The number of para-hydroxylation sites is 1. The summed E-state index contributed by atoms with van der Waals surface area (Å²) in [4.78, 5) is 4.31.